The normalized spacial score (nSPS) is 16.9. The van der Waals surface area contributed by atoms with E-state index in [9.17, 15) is 9.59 Å². The van der Waals surface area contributed by atoms with Gasteiger partial charge in [0, 0.05) is 31.7 Å². The monoisotopic (exact) mass is 327 g/mol. The lowest BCUT2D eigenvalue weighted by atomic mass is 10.2. The molecule has 1 fully saturated rings. The molecular formula is C17H21N5O2. The Morgan fingerprint density at radius 1 is 1.33 bits per heavy atom. The Labute approximate surface area is 140 Å². The zero-order valence-corrected chi connectivity index (χ0v) is 13.6. The van der Waals surface area contributed by atoms with Crippen LogP contribution in [0.15, 0.2) is 42.7 Å². The highest BCUT2D eigenvalue weighted by Crippen LogP contribution is 2.19. The number of likely N-dealkylation sites (tertiary alicyclic amines) is 1. The van der Waals surface area contributed by atoms with E-state index in [4.69, 9.17) is 0 Å². The van der Waals surface area contributed by atoms with E-state index in [1.165, 1.54) is 0 Å². The molecule has 7 heteroatoms. The van der Waals surface area contributed by atoms with Gasteiger partial charge in [0.15, 0.2) is 0 Å². The van der Waals surface area contributed by atoms with Crippen molar-refractivity contribution in [2.24, 2.45) is 0 Å². The van der Waals surface area contributed by atoms with Gasteiger partial charge in [0.1, 0.15) is 6.04 Å². The van der Waals surface area contributed by atoms with Crippen molar-refractivity contribution in [1.29, 1.82) is 0 Å². The molecule has 1 atom stereocenters. The number of hydrogen-bond donors (Lipinski definition) is 2. The lowest BCUT2D eigenvalue weighted by Crippen LogP contribution is -2.46. The van der Waals surface area contributed by atoms with Gasteiger partial charge in [-0.2, -0.15) is 5.10 Å². The van der Waals surface area contributed by atoms with Gasteiger partial charge < -0.3 is 15.5 Å². The molecule has 0 saturated carbocycles. The first kappa shape index (κ1) is 16.0. The zero-order chi connectivity index (χ0) is 16.9. The predicted octanol–water partition coefficient (Wildman–Crippen LogP) is 1.67. The quantitative estimate of drug-likeness (QED) is 0.896. The summed E-state index contributed by atoms with van der Waals surface area (Å²) in [6, 6.07) is 8.90. The summed E-state index contributed by atoms with van der Waals surface area (Å²) in [5.41, 5.74) is 1.76. The molecule has 1 aliphatic rings. The Bertz CT molecular complexity index is 714. The maximum absolute atomic E-state index is 12.5. The summed E-state index contributed by atoms with van der Waals surface area (Å²) in [5, 5.41) is 9.69. The summed E-state index contributed by atoms with van der Waals surface area (Å²) in [5.74, 6) is -0.116. The number of likely N-dealkylation sites (N-methyl/N-ethyl adjacent to an activating group) is 1. The molecule has 1 saturated heterocycles. The number of benzene rings is 1. The van der Waals surface area contributed by atoms with Gasteiger partial charge in [-0.25, -0.2) is 4.79 Å². The number of nitrogens with zero attached hydrogens (tertiary/aromatic N) is 3. The number of amides is 3. The Morgan fingerprint density at radius 2 is 2.21 bits per heavy atom. The van der Waals surface area contributed by atoms with E-state index in [0.29, 0.717) is 25.2 Å². The SMILES string of the molecule is CNC(=O)[C@@H]1CCCN1C(=O)Nc1cccc(Cn2cccn2)c1. The number of nitrogens with one attached hydrogen (secondary N) is 2. The number of aromatic nitrogens is 2. The van der Waals surface area contributed by atoms with Crippen LogP contribution in [-0.4, -0.2) is 46.3 Å². The van der Waals surface area contributed by atoms with Crippen LogP contribution in [0.2, 0.25) is 0 Å². The van der Waals surface area contributed by atoms with Crippen molar-refractivity contribution in [3.8, 4) is 0 Å². The second-order valence-electron chi connectivity index (χ2n) is 5.80. The molecule has 126 valence electrons. The van der Waals surface area contributed by atoms with Crippen molar-refractivity contribution >= 4 is 17.6 Å². The fourth-order valence-corrected chi connectivity index (χ4v) is 2.97. The minimum atomic E-state index is -0.387. The Kier molecular flexibility index (Phi) is 4.79. The summed E-state index contributed by atoms with van der Waals surface area (Å²) < 4.78 is 1.82. The van der Waals surface area contributed by atoms with Crippen LogP contribution in [0.4, 0.5) is 10.5 Å². The molecule has 2 heterocycles. The Balaban J connectivity index is 1.67. The maximum atomic E-state index is 12.5. The van der Waals surface area contributed by atoms with Gasteiger partial charge in [-0.1, -0.05) is 12.1 Å². The average Bonchev–Trinajstić information content (AvgIpc) is 3.25. The van der Waals surface area contributed by atoms with Gasteiger partial charge in [0.25, 0.3) is 0 Å². The number of urea groups is 1. The van der Waals surface area contributed by atoms with E-state index in [1.54, 1.807) is 18.1 Å². The summed E-state index contributed by atoms with van der Waals surface area (Å²) >= 11 is 0. The first-order chi connectivity index (χ1) is 11.7. The molecule has 24 heavy (non-hydrogen) atoms. The van der Waals surface area contributed by atoms with Gasteiger partial charge in [0.05, 0.1) is 6.54 Å². The zero-order valence-electron chi connectivity index (χ0n) is 13.6. The van der Waals surface area contributed by atoms with Crippen LogP contribution in [0.25, 0.3) is 0 Å². The van der Waals surface area contributed by atoms with Crippen molar-refractivity contribution in [2.75, 3.05) is 18.9 Å². The van der Waals surface area contributed by atoms with E-state index in [-0.39, 0.29) is 18.0 Å². The van der Waals surface area contributed by atoms with Crippen molar-refractivity contribution in [2.45, 2.75) is 25.4 Å². The molecular weight excluding hydrogens is 306 g/mol. The topological polar surface area (TPSA) is 79.3 Å². The van der Waals surface area contributed by atoms with Crippen molar-refractivity contribution < 1.29 is 9.59 Å². The Morgan fingerprint density at radius 3 is 2.96 bits per heavy atom. The summed E-state index contributed by atoms with van der Waals surface area (Å²) in [7, 11) is 1.59. The first-order valence-electron chi connectivity index (χ1n) is 8.03. The highest BCUT2D eigenvalue weighted by molar-refractivity contribution is 5.94. The average molecular weight is 327 g/mol. The number of anilines is 1. The molecule has 3 rings (SSSR count). The summed E-state index contributed by atoms with van der Waals surface area (Å²) in [6.07, 6.45) is 5.17. The predicted molar refractivity (Wildman–Crippen MR) is 90.6 cm³/mol. The highest BCUT2D eigenvalue weighted by Gasteiger charge is 2.33. The van der Waals surface area contributed by atoms with Crippen LogP contribution < -0.4 is 10.6 Å². The smallest absolute Gasteiger partial charge is 0.322 e. The van der Waals surface area contributed by atoms with Crippen molar-refractivity contribution in [3.63, 3.8) is 0 Å². The molecule has 0 aliphatic carbocycles. The third-order valence-corrected chi connectivity index (χ3v) is 4.14. The van der Waals surface area contributed by atoms with Crippen LogP contribution in [-0.2, 0) is 11.3 Å². The molecule has 1 aliphatic heterocycles. The summed E-state index contributed by atoms with van der Waals surface area (Å²) in [6.45, 7) is 1.23. The maximum Gasteiger partial charge on any atom is 0.322 e. The number of hydrogen-bond acceptors (Lipinski definition) is 3. The second kappa shape index (κ2) is 7.16. The van der Waals surface area contributed by atoms with Gasteiger partial charge in [-0.15, -0.1) is 0 Å². The van der Waals surface area contributed by atoms with Crippen LogP contribution in [0.3, 0.4) is 0 Å². The first-order valence-corrected chi connectivity index (χ1v) is 8.03. The molecule has 2 aromatic rings. The largest absolute Gasteiger partial charge is 0.357 e. The number of rotatable bonds is 4. The lowest BCUT2D eigenvalue weighted by Gasteiger charge is -2.23. The molecule has 7 nitrogen and oxygen atoms in total. The number of carbonyl (C=O) groups is 2. The van der Waals surface area contributed by atoms with Crippen LogP contribution >= 0.6 is 0 Å². The van der Waals surface area contributed by atoms with Crippen LogP contribution in [0, 0.1) is 0 Å². The molecule has 1 aromatic carbocycles. The van der Waals surface area contributed by atoms with E-state index in [0.717, 1.165) is 12.0 Å². The van der Waals surface area contributed by atoms with Crippen molar-refractivity contribution in [1.82, 2.24) is 20.0 Å². The van der Waals surface area contributed by atoms with Crippen molar-refractivity contribution in [3.05, 3.63) is 48.3 Å². The van der Waals surface area contributed by atoms with Gasteiger partial charge in [0.2, 0.25) is 5.91 Å². The molecule has 0 bridgehead atoms. The molecule has 2 N–H and O–H groups in total. The van der Waals surface area contributed by atoms with E-state index < -0.39 is 0 Å². The molecule has 0 unspecified atom stereocenters. The van der Waals surface area contributed by atoms with Gasteiger partial charge in [-0.3, -0.25) is 9.48 Å². The minimum absolute atomic E-state index is 0.116. The third-order valence-electron chi connectivity index (χ3n) is 4.14. The lowest BCUT2D eigenvalue weighted by molar-refractivity contribution is -0.124. The fourth-order valence-electron chi connectivity index (χ4n) is 2.97. The van der Waals surface area contributed by atoms with E-state index >= 15 is 0 Å². The minimum Gasteiger partial charge on any atom is -0.357 e. The third kappa shape index (κ3) is 3.56. The summed E-state index contributed by atoms with van der Waals surface area (Å²) in [4.78, 5) is 26.0. The van der Waals surface area contributed by atoms with E-state index in [2.05, 4.69) is 15.7 Å². The van der Waals surface area contributed by atoms with Gasteiger partial charge >= 0.3 is 6.03 Å². The standard InChI is InChI=1S/C17H21N5O2/c1-18-16(23)15-7-3-10-22(15)17(24)20-14-6-2-5-13(11-14)12-21-9-4-8-19-21/h2,4-6,8-9,11,15H,3,7,10,12H2,1H3,(H,18,23)(H,20,24)/t15-/m0/s1. The van der Waals surface area contributed by atoms with Crippen LogP contribution in [0.1, 0.15) is 18.4 Å². The Hall–Kier alpha value is -2.83. The molecule has 0 radical (unpaired) electrons. The van der Waals surface area contributed by atoms with Crippen LogP contribution in [0.5, 0.6) is 0 Å². The molecule has 1 aromatic heterocycles. The number of carbonyl (C=O) groups excluding carboxylic acids is 2. The fraction of sp³-hybridized carbons (Fsp3) is 0.353. The van der Waals surface area contributed by atoms with Gasteiger partial charge in [-0.05, 0) is 36.6 Å². The molecule has 3 amide bonds. The second-order valence-corrected chi connectivity index (χ2v) is 5.80. The highest BCUT2D eigenvalue weighted by atomic mass is 16.2. The molecule has 0 spiro atoms. The van der Waals surface area contributed by atoms with E-state index in [1.807, 2.05) is 41.2 Å².